The maximum atomic E-state index is 12.7. The fourth-order valence-electron chi connectivity index (χ4n) is 2.48. The van der Waals surface area contributed by atoms with Crippen molar-refractivity contribution in [2.45, 2.75) is 6.92 Å². The lowest BCUT2D eigenvalue weighted by Crippen LogP contribution is -2.21. The van der Waals surface area contributed by atoms with E-state index < -0.39 is 5.97 Å². The van der Waals surface area contributed by atoms with Crippen molar-refractivity contribution in [2.75, 3.05) is 21.2 Å². The number of nitrogens with two attached hydrogens (primary N) is 1. The Labute approximate surface area is 175 Å². The molecule has 0 unspecified atom stereocenters. The number of rotatable bonds is 7. The molecule has 0 atom stereocenters. The van der Waals surface area contributed by atoms with Crippen molar-refractivity contribution >= 4 is 24.3 Å². The first kappa shape index (κ1) is 22.4. The Morgan fingerprint density at radius 2 is 1.57 bits per heavy atom. The molecule has 2 rings (SSSR count). The summed E-state index contributed by atoms with van der Waals surface area (Å²) in [7, 11) is 4.83. The second-order valence-electron chi connectivity index (χ2n) is 6.41. The quantitative estimate of drug-likeness (QED) is 0.328. The molecule has 2 N–H and O–H groups in total. The van der Waals surface area contributed by atoms with Crippen molar-refractivity contribution in [3.63, 3.8) is 0 Å². The molecular weight excluding hydrogens is 384 g/mol. The van der Waals surface area contributed by atoms with Crippen molar-refractivity contribution in [1.82, 2.24) is 4.90 Å². The highest BCUT2D eigenvalue weighted by molar-refractivity contribution is 6.04. The number of amides is 1. The molecule has 0 bridgehead atoms. The zero-order valence-corrected chi connectivity index (χ0v) is 17.4. The molecule has 1 amide bonds. The fourth-order valence-corrected chi connectivity index (χ4v) is 2.48. The van der Waals surface area contributed by atoms with Crippen molar-refractivity contribution in [2.24, 2.45) is 15.7 Å². The minimum absolute atomic E-state index is 0.114. The van der Waals surface area contributed by atoms with Gasteiger partial charge in [-0.05, 0) is 43.5 Å². The first-order chi connectivity index (χ1) is 14.3. The molecule has 0 aliphatic carbocycles. The molecule has 30 heavy (non-hydrogen) atoms. The summed E-state index contributed by atoms with van der Waals surface area (Å²) < 4.78 is 10.6. The molecule has 8 nitrogen and oxygen atoms in total. The smallest absolute Gasteiger partial charge is 0.366 e. The highest BCUT2D eigenvalue weighted by atomic mass is 16.6. The molecule has 0 aliphatic heterocycles. The van der Waals surface area contributed by atoms with Crippen molar-refractivity contribution < 1.29 is 19.1 Å². The van der Waals surface area contributed by atoms with Gasteiger partial charge in [0, 0.05) is 25.4 Å². The molecular formula is C22H24N4O4. The Bertz CT molecular complexity index is 1010. The van der Waals surface area contributed by atoms with Crippen molar-refractivity contribution in [1.29, 1.82) is 0 Å². The summed E-state index contributed by atoms with van der Waals surface area (Å²) in [6, 6.07) is 13.5. The summed E-state index contributed by atoms with van der Waals surface area (Å²) in [5.74, 6) is -0.482. The molecule has 0 aliphatic rings. The van der Waals surface area contributed by atoms with Crippen LogP contribution in [0.4, 0.5) is 0 Å². The van der Waals surface area contributed by atoms with Crippen LogP contribution in [0.25, 0.3) is 0 Å². The minimum atomic E-state index is -0.803. The van der Waals surface area contributed by atoms with Gasteiger partial charge in [0.15, 0.2) is 23.0 Å². The van der Waals surface area contributed by atoms with E-state index in [9.17, 15) is 9.59 Å². The standard InChI is InChI=1S/C22H24N4O4/c1-14(15-10-12-16(13-11-15)21(27)26(3)4)25-19(20(23)24-2)22(28)30-18-9-7-6-8-17(18)29-5/h6-13H,2,23H2,1,3-5H3/b20-19-,25-14?. The topological polar surface area (TPSA) is 107 Å². The number of hydrogen-bond donors (Lipinski definition) is 1. The van der Waals surface area contributed by atoms with E-state index in [0.29, 0.717) is 22.6 Å². The van der Waals surface area contributed by atoms with Gasteiger partial charge in [0.2, 0.25) is 0 Å². The normalized spacial score (nSPS) is 11.9. The maximum absolute atomic E-state index is 12.7. The number of methoxy groups -OCH3 is 1. The van der Waals surface area contributed by atoms with E-state index >= 15 is 0 Å². The van der Waals surface area contributed by atoms with E-state index in [1.807, 2.05) is 0 Å². The lowest BCUT2D eigenvalue weighted by Gasteiger charge is -2.11. The Hall–Kier alpha value is -3.94. The highest BCUT2D eigenvalue weighted by Gasteiger charge is 2.19. The van der Waals surface area contributed by atoms with Crippen LogP contribution in [0.5, 0.6) is 11.5 Å². The summed E-state index contributed by atoms with van der Waals surface area (Å²) in [4.78, 5) is 34.1. The number of hydrogen-bond acceptors (Lipinski definition) is 7. The van der Waals surface area contributed by atoms with E-state index in [4.69, 9.17) is 15.2 Å². The molecule has 0 fully saturated rings. The summed E-state index contributed by atoms with van der Waals surface area (Å²) in [5.41, 5.74) is 7.35. The van der Waals surface area contributed by atoms with Gasteiger partial charge in [0.05, 0.1) is 7.11 Å². The monoisotopic (exact) mass is 408 g/mol. The molecule has 8 heteroatoms. The number of para-hydroxylation sites is 2. The van der Waals surface area contributed by atoms with E-state index in [2.05, 4.69) is 16.7 Å². The van der Waals surface area contributed by atoms with E-state index in [1.165, 1.54) is 12.0 Å². The van der Waals surface area contributed by atoms with E-state index in [0.717, 1.165) is 0 Å². The molecule has 0 saturated heterocycles. The molecule has 0 saturated carbocycles. The van der Waals surface area contributed by atoms with Gasteiger partial charge < -0.3 is 20.1 Å². The number of ether oxygens (including phenoxy) is 2. The second kappa shape index (κ2) is 10.0. The SMILES string of the molecule is C=N/C(N)=C(\N=C(C)c1ccc(C(=O)N(C)C)cc1)C(=O)Oc1ccccc1OC. The molecule has 0 spiro atoms. The van der Waals surface area contributed by atoms with Crippen LogP contribution in [0.1, 0.15) is 22.8 Å². The molecule has 0 aromatic heterocycles. The van der Waals surface area contributed by atoms with Crippen LogP contribution in [-0.4, -0.2) is 50.4 Å². The van der Waals surface area contributed by atoms with Crippen LogP contribution in [-0.2, 0) is 4.79 Å². The summed E-state index contributed by atoms with van der Waals surface area (Å²) >= 11 is 0. The van der Waals surface area contributed by atoms with Gasteiger partial charge in [-0.25, -0.2) is 14.8 Å². The van der Waals surface area contributed by atoms with Gasteiger partial charge in [0.1, 0.15) is 0 Å². The number of carbonyl (C=O) groups excluding carboxylic acids is 2. The Morgan fingerprint density at radius 3 is 2.10 bits per heavy atom. The third-order valence-corrected chi connectivity index (χ3v) is 4.11. The fraction of sp³-hybridized carbons (Fsp3) is 0.182. The third-order valence-electron chi connectivity index (χ3n) is 4.11. The van der Waals surface area contributed by atoms with Gasteiger partial charge in [-0.15, -0.1) is 0 Å². The first-order valence-electron chi connectivity index (χ1n) is 8.97. The van der Waals surface area contributed by atoms with Crippen molar-refractivity contribution in [3.05, 3.63) is 71.2 Å². The van der Waals surface area contributed by atoms with Gasteiger partial charge >= 0.3 is 5.97 Å². The Kier molecular flexibility index (Phi) is 7.46. The van der Waals surface area contributed by atoms with Crippen molar-refractivity contribution in [3.8, 4) is 11.5 Å². The largest absolute Gasteiger partial charge is 0.493 e. The molecule has 0 radical (unpaired) electrons. The van der Waals surface area contributed by atoms with Crippen LogP contribution in [0.15, 0.2) is 70.0 Å². The van der Waals surface area contributed by atoms with Gasteiger partial charge in [-0.3, -0.25) is 4.79 Å². The van der Waals surface area contributed by atoms with Crippen LogP contribution >= 0.6 is 0 Å². The Morgan fingerprint density at radius 1 is 1.00 bits per heavy atom. The maximum Gasteiger partial charge on any atom is 0.366 e. The van der Waals surface area contributed by atoms with E-state index in [-0.39, 0.29) is 23.2 Å². The van der Waals surface area contributed by atoms with Crippen LogP contribution in [0.2, 0.25) is 0 Å². The lowest BCUT2D eigenvalue weighted by molar-refractivity contribution is -0.130. The number of nitrogens with zero attached hydrogens (tertiary/aromatic N) is 3. The number of aliphatic imine (C=N–C) groups is 2. The molecule has 156 valence electrons. The lowest BCUT2D eigenvalue weighted by atomic mass is 10.1. The summed E-state index contributed by atoms with van der Waals surface area (Å²) in [6.45, 7) is 5.06. The van der Waals surface area contributed by atoms with Crippen LogP contribution in [0, 0.1) is 0 Å². The zero-order chi connectivity index (χ0) is 22.3. The molecule has 0 heterocycles. The number of esters is 1. The summed E-state index contributed by atoms with van der Waals surface area (Å²) in [6.07, 6.45) is 0. The van der Waals surface area contributed by atoms with Gasteiger partial charge in [-0.2, -0.15) is 0 Å². The average molecular weight is 408 g/mol. The number of benzene rings is 2. The van der Waals surface area contributed by atoms with Gasteiger partial charge in [0.25, 0.3) is 5.91 Å². The highest BCUT2D eigenvalue weighted by Crippen LogP contribution is 2.27. The number of carbonyl (C=O) groups is 2. The predicted octanol–water partition coefficient (Wildman–Crippen LogP) is 2.64. The first-order valence-corrected chi connectivity index (χ1v) is 8.97. The average Bonchev–Trinajstić information content (AvgIpc) is 2.76. The molecule has 2 aromatic carbocycles. The van der Waals surface area contributed by atoms with Crippen LogP contribution in [0.3, 0.4) is 0 Å². The zero-order valence-electron chi connectivity index (χ0n) is 17.4. The predicted molar refractivity (Wildman–Crippen MR) is 116 cm³/mol. The van der Waals surface area contributed by atoms with Crippen LogP contribution < -0.4 is 15.2 Å². The van der Waals surface area contributed by atoms with Gasteiger partial charge in [-0.1, -0.05) is 24.3 Å². The minimum Gasteiger partial charge on any atom is -0.493 e. The third kappa shape index (κ3) is 5.32. The summed E-state index contributed by atoms with van der Waals surface area (Å²) in [5, 5.41) is 0. The van der Waals surface area contributed by atoms with E-state index in [1.54, 1.807) is 69.6 Å². The second-order valence-corrected chi connectivity index (χ2v) is 6.41. The molecule has 2 aromatic rings. The Balaban J connectivity index is 2.33.